The van der Waals surface area contributed by atoms with Crippen molar-refractivity contribution in [3.8, 4) is 0 Å². The lowest BCUT2D eigenvalue weighted by molar-refractivity contribution is 0.486. The first-order valence-corrected chi connectivity index (χ1v) is 5.53. The Hall–Kier alpha value is -0.890. The number of rotatable bonds is 4. The van der Waals surface area contributed by atoms with E-state index < -0.39 is 0 Å². The van der Waals surface area contributed by atoms with E-state index in [4.69, 9.17) is 0 Å². The number of hydrogen-bond donors (Lipinski definition) is 1. The number of halogens is 1. The second-order valence-electron chi connectivity index (χ2n) is 4.92. The smallest absolute Gasteiger partial charge is 0.123 e. The van der Waals surface area contributed by atoms with Crippen LogP contribution in [0.3, 0.4) is 0 Å². The average molecular weight is 207 g/mol. The van der Waals surface area contributed by atoms with E-state index in [1.54, 1.807) is 12.1 Å². The summed E-state index contributed by atoms with van der Waals surface area (Å²) < 4.78 is 13.0. The van der Waals surface area contributed by atoms with E-state index >= 15 is 0 Å². The lowest BCUT2D eigenvalue weighted by atomic mass is 9.96. The Morgan fingerprint density at radius 2 is 2.33 bits per heavy atom. The van der Waals surface area contributed by atoms with Gasteiger partial charge in [-0.1, -0.05) is 19.1 Å². The summed E-state index contributed by atoms with van der Waals surface area (Å²) in [6.45, 7) is 3.37. The summed E-state index contributed by atoms with van der Waals surface area (Å²) in [4.78, 5) is 0. The quantitative estimate of drug-likeness (QED) is 0.800. The molecule has 1 aromatic rings. The first-order valence-electron chi connectivity index (χ1n) is 5.53. The highest BCUT2D eigenvalue weighted by molar-refractivity contribution is 5.20. The van der Waals surface area contributed by atoms with Crippen LogP contribution < -0.4 is 5.32 Å². The lowest BCUT2D eigenvalue weighted by Gasteiger charge is -2.11. The monoisotopic (exact) mass is 207 g/mol. The first kappa shape index (κ1) is 10.6. The van der Waals surface area contributed by atoms with E-state index in [9.17, 15) is 4.39 Å². The standard InChI is InChI=1S/C13H18FN/c1-13(8-11(13)9-15-2)7-10-4-3-5-12(14)6-10/h3-6,11,15H,7-9H2,1-2H3. The molecule has 0 saturated heterocycles. The molecule has 0 amide bonds. The third-order valence-corrected chi connectivity index (χ3v) is 3.49. The van der Waals surface area contributed by atoms with Crippen molar-refractivity contribution >= 4 is 0 Å². The van der Waals surface area contributed by atoms with Crippen LogP contribution in [0.5, 0.6) is 0 Å². The summed E-state index contributed by atoms with van der Waals surface area (Å²) in [6.07, 6.45) is 2.25. The molecule has 2 heteroatoms. The van der Waals surface area contributed by atoms with Gasteiger partial charge in [-0.2, -0.15) is 0 Å². The number of hydrogen-bond acceptors (Lipinski definition) is 1. The van der Waals surface area contributed by atoms with Crippen LogP contribution in [0.2, 0.25) is 0 Å². The first-order chi connectivity index (χ1) is 7.14. The molecule has 1 N–H and O–H groups in total. The van der Waals surface area contributed by atoms with Gasteiger partial charge in [0, 0.05) is 0 Å². The summed E-state index contributed by atoms with van der Waals surface area (Å²) in [5.74, 6) is 0.632. The molecule has 2 rings (SSSR count). The normalized spacial score (nSPS) is 29.1. The van der Waals surface area contributed by atoms with Gasteiger partial charge in [0.25, 0.3) is 0 Å². The summed E-state index contributed by atoms with van der Waals surface area (Å²) in [5.41, 5.74) is 1.51. The van der Waals surface area contributed by atoms with E-state index in [-0.39, 0.29) is 5.82 Å². The maximum atomic E-state index is 13.0. The van der Waals surface area contributed by atoms with Crippen LogP contribution in [0.25, 0.3) is 0 Å². The van der Waals surface area contributed by atoms with Crippen LogP contribution in [0.4, 0.5) is 4.39 Å². The van der Waals surface area contributed by atoms with Crippen molar-refractivity contribution < 1.29 is 4.39 Å². The molecule has 15 heavy (non-hydrogen) atoms. The van der Waals surface area contributed by atoms with E-state index in [0.29, 0.717) is 5.41 Å². The third-order valence-electron chi connectivity index (χ3n) is 3.49. The summed E-state index contributed by atoms with van der Waals surface area (Å²) in [7, 11) is 1.99. The van der Waals surface area contributed by atoms with Gasteiger partial charge in [-0.05, 0) is 55.5 Å². The molecule has 0 radical (unpaired) electrons. The Morgan fingerprint density at radius 3 is 3.00 bits per heavy atom. The van der Waals surface area contributed by atoms with E-state index in [1.807, 2.05) is 13.1 Å². The van der Waals surface area contributed by atoms with Gasteiger partial charge in [0.05, 0.1) is 0 Å². The van der Waals surface area contributed by atoms with Crippen LogP contribution in [-0.2, 0) is 6.42 Å². The predicted octanol–water partition coefficient (Wildman–Crippen LogP) is 2.61. The van der Waals surface area contributed by atoms with Crippen LogP contribution in [0, 0.1) is 17.2 Å². The number of nitrogens with one attached hydrogen (secondary N) is 1. The van der Waals surface area contributed by atoms with E-state index in [1.165, 1.54) is 12.5 Å². The van der Waals surface area contributed by atoms with Gasteiger partial charge in [-0.15, -0.1) is 0 Å². The van der Waals surface area contributed by atoms with Crippen molar-refractivity contribution in [3.63, 3.8) is 0 Å². The van der Waals surface area contributed by atoms with Gasteiger partial charge >= 0.3 is 0 Å². The van der Waals surface area contributed by atoms with Crippen LogP contribution in [0.15, 0.2) is 24.3 Å². The largest absolute Gasteiger partial charge is 0.319 e. The molecule has 2 unspecified atom stereocenters. The summed E-state index contributed by atoms with van der Waals surface area (Å²) >= 11 is 0. The van der Waals surface area contributed by atoms with Crippen molar-refractivity contribution in [2.24, 2.45) is 11.3 Å². The molecule has 0 spiro atoms. The minimum atomic E-state index is -0.123. The Kier molecular flexibility index (Phi) is 2.79. The fraction of sp³-hybridized carbons (Fsp3) is 0.538. The molecule has 1 saturated carbocycles. The molecular weight excluding hydrogens is 189 g/mol. The summed E-state index contributed by atoms with van der Waals surface area (Å²) in [6, 6.07) is 6.97. The summed E-state index contributed by atoms with van der Waals surface area (Å²) in [5, 5.41) is 3.21. The molecule has 1 fully saturated rings. The van der Waals surface area contributed by atoms with Crippen LogP contribution in [0.1, 0.15) is 18.9 Å². The maximum absolute atomic E-state index is 13.0. The predicted molar refractivity (Wildman–Crippen MR) is 60.2 cm³/mol. The fourth-order valence-electron chi connectivity index (χ4n) is 2.40. The second-order valence-corrected chi connectivity index (χ2v) is 4.92. The zero-order valence-electron chi connectivity index (χ0n) is 9.39. The SMILES string of the molecule is CNCC1CC1(C)Cc1cccc(F)c1. The van der Waals surface area contributed by atoms with Crippen molar-refractivity contribution in [3.05, 3.63) is 35.6 Å². The van der Waals surface area contributed by atoms with Crippen molar-refractivity contribution in [1.29, 1.82) is 0 Å². The molecule has 1 nitrogen and oxygen atoms in total. The molecular formula is C13H18FN. The van der Waals surface area contributed by atoms with Crippen molar-refractivity contribution in [2.45, 2.75) is 19.8 Å². The second kappa shape index (κ2) is 3.93. The Balaban J connectivity index is 1.98. The molecule has 2 atom stereocenters. The highest BCUT2D eigenvalue weighted by Crippen LogP contribution is 2.53. The zero-order valence-corrected chi connectivity index (χ0v) is 9.39. The molecule has 0 aromatic heterocycles. The Labute approximate surface area is 90.7 Å². The van der Waals surface area contributed by atoms with Gasteiger partial charge in [0.15, 0.2) is 0 Å². The molecule has 0 heterocycles. The Morgan fingerprint density at radius 1 is 1.53 bits per heavy atom. The van der Waals surface area contributed by atoms with Gasteiger partial charge in [0.1, 0.15) is 5.82 Å². The molecule has 0 bridgehead atoms. The third kappa shape index (κ3) is 2.37. The van der Waals surface area contributed by atoms with Crippen molar-refractivity contribution in [1.82, 2.24) is 5.32 Å². The van der Waals surface area contributed by atoms with E-state index in [0.717, 1.165) is 24.4 Å². The number of benzene rings is 1. The minimum absolute atomic E-state index is 0.123. The molecule has 82 valence electrons. The van der Waals surface area contributed by atoms with Gasteiger partial charge in [-0.3, -0.25) is 0 Å². The molecule has 1 aliphatic carbocycles. The average Bonchev–Trinajstić information content (AvgIpc) is 2.76. The van der Waals surface area contributed by atoms with Crippen molar-refractivity contribution in [2.75, 3.05) is 13.6 Å². The molecule has 0 aliphatic heterocycles. The van der Waals surface area contributed by atoms with E-state index in [2.05, 4.69) is 12.2 Å². The maximum Gasteiger partial charge on any atom is 0.123 e. The Bertz CT molecular complexity index is 350. The van der Waals surface area contributed by atoms with Gasteiger partial charge in [-0.25, -0.2) is 4.39 Å². The fourth-order valence-corrected chi connectivity index (χ4v) is 2.40. The van der Waals surface area contributed by atoms with Gasteiger partial charge in [0.2, 0.25) is 0 Å². The van der Waals surface area contributed by atoms with Crippen LogP contribution >= 0.6 is 0 Å². The molecule has 1 aliphatic rings. The lowest BCUT2D eigenvalue weighted by Crippen LogP contribution is -2.15. The highest BCUT2D eigenvalue weighted by Gasteiger charge is 2.48. The zero-order chi connectivity index (χ0) is 10.9. The topological polar surface area (TPSA) is 12.0 Å². The minimum Gasteiger partial charge on any atom is -0.319 e. The van der Waals surface area contributed by atoms with Gasteiger partial charge < -0.3 is 5.32 Å². The van der Waals surface area contributed by atoms with Crippen LogP contribution in [-0.4, -0.2) is 13.6 Å². The molecule has 1 aromatic carbocycles. The highest BCUT2D eigenvalue weighted by atomic mass is 19.1.